The first kappa shape index (κ1) is 36.9. The first-order chi connectivity index (χ1) is 32.3. The van der Waals surface area contributed by atoms with E-state index in [2.05, 4.69) is 188 Å². The third-order valence-electron chi connectivity index (χ3n) is 12.9. The molecule has 0 spiro atoms. The Balaban J connectivity index is 1.08. The lowest BCUT2D eigenvalue weighted by Crippen LogP contribution is -2.01. The molecule has 2 aromatic heterocycles. The molecule has 0 bridgehead atoms. The van der Waals surface area contributed by atoms with Crippen molar-refractivity contribution in [2.45, 2.75) is 0 Å². The molecule has 0 atom stereocenters. The van der Waals surface area contributed by atoms with Crippen LogP contribution in [-0.4, -0.2) is 15.0 Å². The highest BCUT2D eigenvalue weighted by Gasteiger charge is 2.25. The molecule has 2 heterocycles. The van der Waals surface area contributed by atoms with E-state index in [0.29, 0.717) is 17.5 Å². The number of rotatable bonds is 6. The maximum atomic E-state index is 7.13. The Morgan fingerprint density at radius 3 is 1.09 bits per heavy atom. The van der Waals surface area contributed by atoms with Gasteiger partial charge >= 0.3 is 0 Å². The van der Waals surface area contributed by atoms with Crippen molar-refractivity contribution >= 4 is 65.0 Å². The molecule has 11 aromatic carbocycles. The van der Waals surface area contributed by atoms with Crippen LogP contribution in [0.1, 0.15) is 0 Å². The number of hydrogen-bond acceptors (Lipinski definition) is 4. The Kier molecular flexibility index (Phi) is 8.50. The van der Waals surface area contributed by atoms with Crippen LogP contribution in [-0.2, 0) is 0 Å². The van der Waals surface area contributed by atoms with Crippen molar-refractivity contribution in [3.05, 3.63) is 224 Å². The zero-order chi connectivity index (χ0) is 42.8. The molecule has 0 unspecified atom stereocenters. The second-order valence-electron chi connectivity index (χ2n) is 16.5. The molecule has 0 aliphatic rings. The van der Waals surface area contributed by atoms with Gasteiger partial charge in [-0.15, -0.1) is 0 Å². The fraction of sp³-hybridized carbons (Fsp3) is 0. The number of para-hydroxylation sites is 1. The fourth-order valence-corrected chi connectivity index (χ4v) is 10.2. The van der Waals surface area contributed by atoms with Crippen LogP contribution in [0.3, 0.4) is 0 Å². The maximum Gasteiger partial charge on any atom is 0.165 e. The molecule has 13 rings (SSSR count). The zero-order valence-corrected chi connectivity index (χ0v) is 35.1. The molecule has 0 aliphatic carbocycles. The number of aromatic nitrogens is 3. The lowest BCUT2D eigenvalue weighted by Gasteiger charge is -2.18. The molecule has 0 saturated heterocycles. The third kappa shape index (κ3) is 5.88. The van der Waals surface area contributed by atoms with Gasteiger partial charge < -0.3 is 4.42 Å². The molecule has 4 nitrogen and oxygen atoms in total. The van der Waals surface area contributed by atoms with Gasteiger partial charge in [0.15, 0.2) is 17.5 Å². The van der Waals surface area contributed by atoms with E-state index in [-0.39, 0.29) is 0 Å². The van der Waals surface area contributed by atoms with Crippen LogP contribution in [0, 0.1) is 0 Å². The van der Waals surface area contributed by atoms with Crippen LogP contribution in [0.15, 0.2) is 229 Å². The van der Waals surface area contributed by atoms with Gasteiger partial charge in [0.1, 0.15) is 11.2 Å². The summed E-state index contributed by atoms with van der Waals surface area (Å²) in [5.41, 5.74) is 11.5. The topological polar surface area (TPSA) is 51.8 Å². The van der Waals surface area contributed by atoms with Gasteiger partial charge in [0, 0.05) is 38.6 Å². The Bertz CT molecular complexity index is 3820. The molecule has 0 aliphatic heterocycles. The van der Waals surface area contributed by atoms with Crippen molar-refractivity contribution in [3.8, 4) is 67.5 Å². The second kappa shape index (κ2) is 15.0. The standard InChI is InChI=1S/C61H37N3O/c1-4-20-38(21-5-1)53-41-26-10-12-28-43(41)54(44-29-13-11-27-42(44)53)49-34-19-37-52-56(49)51-36-18-35-50(58(51)65-52)55-45-30-14-16-32-47(45)57(48-33-17-15-31-46(48)55)61-63-59(39-22-6-2-7-23-39)62-60(64-61)40-24-8-3-9-25-40/h1-37H. The number of fused-ring (bicyclic) bond motifs is 7. The first-order valence-electron chi connectivity index (χ1n) is 22.0. The largest absolute Gasteiger partial charge is 0.455 e. The van der Waals surface area contributed by atoms with Crippen molar-refractivity contribution in [1.29, 1.82) is 0 Å². The summed E-state index contributed by atoms with van der Waals surface area (Å²) in [5, 5.41) is 11.3. The molecule has 0 N–H and O–H groups in total. The van der Waals surface area contributed by atoms with Gasteiger partial charge in [-0.3, -0.25) is 0 Å². The predicted octanol–water partition coefficient (Wildman–Crippen LogP) is 16.4. The Morgan fingerprint density at radius 2 is 0.600 bits per heavy atom. The van der Waals surface area contributed by atoms with Crippen LogP contribution in [0.4, 0.5) is 0 Å². The minimum absolute atomic E-state index is 0.626. The number of nitrogens with zero attached hydrogens (tertiary/aromatic N) is 3. The van der Waals surface area contributed by atoms with Crippen LogP contribution in [0.2, 0.25) is 0 Å². The van der Waals surface area contributed by atoms with Crippen LogP contribution >= 0.6 is 0 Å². The molecule has 0 fully saturated rings. The molecule has 65 heavy (non-hydrogen) atoms. The van der Waals surface area contributed by atoms with Crippen LogP contribution in [0.5, 0.6) is 0 Å². The molecule has 0 saturated carbocycles. The van der Waals surface area contributed by atoms with Crippen molar-refractivity contribution in [2.75, 3.05) is 0 Å². The molecule has 302 valence electrons. The quantitative estimate of drug-likeness (QED) is 0.157. The summed E-state index contributed by atoms with van der Waals surface area (Å²) in [6.07, 6.45) is 0. The third-order valence-corrected chi connectivity index (χ3v) is 12.9. The summed E-state index contributed by atoms with van der Waals surface area (Å²) in [6, 6.07) is 79.2. The maximum absolute atomic E-state index is 7.13. The van der Waals surface area contributed by atoms with E-state index in [1.165, 1.54) is 38.2 Å². The molecule has 4 heteroatoms. The van der Waals surface area contributed by atoms with Gasteiger partial charge in [0.25, 0.3) is 0 Å². The monoisotopic (exact) mass is 827 g/mol. The summed E-state index contributed by atoms with van der Waals surface area (Å²) in [6.45, 7) is 0. The van der Waals surface area contributed by atoms with Gasteiger partial charge in [0.2, 0.25) is 0 Å². The van der Waals surface area contributed by atoms with E-state index in [1.54, 1.807) is 0 Å². The fourth-order valence-electron chi connectivity index (χ4n) is 10.2. The lowest BCUT2D eigenvalue weighted by atomic mass is 9.84. The van der Waals surface area contributed by atoms with Gasteiger partial charge in [-0.25, -0.2) is 15.0 Å². The van der Waals surface area contributed by atoms with E-state index in [1.807, 2.05) is 36.4 Å². The summed E-state index contributed by atoms with van der Waals surface area (Å²) in [5.74, 6) is 1.88. The summed E-state index contributed by atoms with van der Waals surface area (Å²) >= 11 is 0. The zero-order valence-electron chi connectivity index (χ0n) is 35.1. The smallest absolute Gasteiger partial charge is 0.165 e. The van der Waals surface area contributed by atoms with E-state index in [9.17, 15) is 0 Å². The average Bonchev–Trinajstić information content (AvgIpc) is 3.77. The normalized spacial score (nSPS) is 11.7. The molecule has 0 radical (unpaired) electrons. The van der Waals surface area contributed by atoms with Gasteiger partial charge in [-0.2, -0.15) is 0 Å². The first-order valence-corrected chi connectivity index (χ1v) is 22.0. The van der Waals surface area contributed by atoms with E-state index >= 15 is 0 Å². The number of furan rings is 1. The molecular formula is C61H37N3O. The molecule has 0 amide bonds. The highest BCUT2D eigenvalue weighted by atomic mass is 16.3. The van der Waals surface area contributed by atoms with Crippen molar-refractivity contribution in [1.82, 2.24) is 15.0 Å². The van der Waals surface area contributed by atoms with Gasteiger partial charge in [-0.05, 0) is 71.4 Å². The second-order valence-corrected chi connectivity index (χ2v) is 16.5. The number of benzene rings is 11. The van der Waals surface area contributed by atoms with Gasteiger partial charge in [0.05, 0.1) is 0 Å². The number of hydrogen-bond donors (Lipinski definition) is 0. The van der Waals surface area contributed by atoms with E-state index in [4.69, 9.17) is 19.4 Å². The molecule has 13 aromatic rings. The highest BCUT2D eigenvalue weighted by Crippen LogP contribution is 2.50. The van der Waals surface area contributed by atoms with Crippen molar-refractivity contribution < 1.29 is 4.42 Å². The minimum atomic E-state index is 0.626. The predicted molar refractivity (Wildman–Crippen MR) is 270 cm³/mol. The van der Waals surface area contributed by atoms with E-state index < -0.39 is 0 Å². The Hall–Kier alpha value is -8.73. The van der Waals surface area contributed by atoms with Crippen LogP contribution in [0.25, 0.3) is 133 Å². The van der Waals surface area contributed by atoms with Crippen LogP contribution < -0.4 is 0 Å². The Morgan fingerprint density at radius 1 is 0.246 bits per heavy atom. The van der Waals surface area contributed by atoms with Crippen molar-refractivity contribution in [3.63, 3.8) is 0 Å². The lowest BCUT2D eigenvalue weighted by molar-refractivity contribution is 0.670. The highest BCUT2D eigenvalue weighted by molar-refractivity contribution is 6.28. The summed E-state index contributed by atoms with van der Waals surface area (Å²) in [4.78, 5) is 15.5. The van der Waals surface area contributed by atoms with E-state index in [0.717, 1.165) is 76.9 Å². The summed E-state index contributed by atoms with van der Waals surface area (Å²) in [7, 11) is 0. The van der Waals surface area contributed by atoms with Gasteiger partial charge in [-0.1, -0.05) is 218 Å². The SMILES string of the molecule is c1ccc(-c2nc(-c3ccccc3)nc(-c3c4ccccc4c(-c4cccc5c4oc4cccc(-c6c7ccccc7c(-c7ccccc7)c7ccccc67)c45)c4ccccc34)n2)cc1. The Labute approximate surface area is 374 Å². The summed E-state index contributed by atoms with van der Waals surface area (Å²) < 4.78 is 7.13. The molecular weight excluding hydrogens is 791 g/mol. The average molecular weight is 828 g/mol. The van der Waals surface area contributed by atoms with Crippen molar-refractivity contribution in [2.24, 2.45) is 0 Å². The minimum Gasteiger partial charge on any atom is -0.455 e.